The average Bonchev–Trinajstić information content (AvgIpc) is 2.48. The van der Waals surface area contributed by atoms with Gasteiger partial charge in [-0.25, -0.2) is 0 Å². The van der Waals surface area contributed by atoms with Gasteiger partial charge in [0.1, 0.15) is 5.75 Å². The smallest absolute Gasteiger partial charge is 0.118 e. The van der Waals surface area contributed by atoms with E-state index in [-0.39, 0.29) is 0 Å². The lowest BCUT2D eigenvalue weighted by Crippen LogP contribution is -1.80. The van der Waals surface area contributed by atoms with Crippen molar-refractivity contribution in [3.63, 3.8) is 0 Å². The number of aryl methyl sites for hydroxylation is 2. The van der Waals surface area contributed by atoms with E-state index in [9.17, 15) is 0 Å². The van der Waals surface area contributed by atoms with Crippen LogP contribution in [0.2, 0.25) is 0 Å². The second-order valence-corrected chi connectivity index (χ2v) is 4.56. The summed E-state index contributed by atoms with van der Waals surface area (Å²) < 4.78 is 4.97. The third kappa shape index (κ3) is 4.77. The Morgan fingerprint density at radius 2 is 1.35 bits per heavy atom. The maximum Gasteiger partial charge on any atom is 0.118 e. The molecule has 20 heavy (non-hydrogen) atoms. The fraction of sp³-hybridized carbons (Fsp3) is 0.158. The van der Waals surface area contributed by atoms with Crippen LogP contribution in [0.25, 0.3) is 12.2 Å². The SMILES string of the molecule is C=Cc1ccc(C)cc1C=C.COc1ccc(C)cc1. The molecule has 0 aliphatic carbocycles. The van der Waals surface area contributed by atoms with Gasteiger partial charge in [-0.2, -0.15) is 0 Å². The van der Waals surface area contributed by atoms with Gasteiger partial charge in [-0.15, -0.1) is 0 Å². The summed E-state index contributed by atoms with van der Waals surface area (Å²) in [4.78, 5) is 0. The van der Waals surface area contributed by atoms with E-state index in [4.69, 9.17) is 4.74 Å². The quantitative estimate of drug-likeness (QED) is 0.734. The number of benzene rings is 2. The molecule has 0 bridgehead atoms. The van der Waals surface area contributed by atoms with Gasteiger partial charge in [0.15, 0.2) is 0 Å². The molecule has 0 fully saturated rings. The Hall–Kier alpha value is -2.28. The number of hydrogen-bond donors (Lipinski definition) is 0. The van der Waals surface area contributed by atoms with E-state index in [1.54, 1.807) is 7.11 Å². The minimum atomic E-state index is 0.917. The normalized spacial score (nSPS) is 9.15. The van der Waals surface area contributed by atoms with E-state index in [1.165, 1.54) is 11.1 Å². The highest BCUT2D eigenvalue weighted by atomic mass is 16.5. The van der Waals surface area contributed by atoms with Crippen molar-refractivity contribution in [3.8, 4) is 5.75 Å². The molecule has 2 aromatic rings. The van der Waals surface area contributed by atoms with Crippen molar-refractivity contribution in [3.05, 3.63) is 77.9 Å². The summed E-state index contributed by atoms with van der Waals surface area (Å²) in [5.41, 5.74) is 4.81. The number of rotatable bonds is 3. The number of ether oxygens (including phenoxy) is 1. The fourth-order valence-electron chi connectivity index (χ4n) is 1.73. The monoisotopic (exact) mass is 266 g/mol. The van der Waals surface area contributed by atoms with Crippen molar-refractivity contribution in [2.45, 2.75) is 13.8 Å². The van der Waals surface area contributed by atoms with Crippen LogP contribution in [-0.2, 0) is 0 Å². The molecule has 0 N–H and O–H groups in total. The Balaban J connectivity index is 0.000000204. The maximum atomic E-state index is 4.97. The van der Waals surface area contributed by atoms with Gasteiger partial charge in [0, 0.05) is 0 Å². The molecular weight excluding hydrogens is 244 g/mol. The summed E-state index contributed by atoms with van der Waals surface area (Å²) >= 11 is 0. The lowest BCUT2D eigenvalue weighted by molar-refractivity contribution is 0.414. The van der Waals surface area contributed by atoms with Crippen LogP contribution in [0.5, 0.6) is 5.75 Å². The Bertz CT molecular complexity index is 565. The third-order valence-electron chi connectivity index (χ3n) is 2.94. The molecule has 0 aliphatic rings. The minimum Gasteiger partial charge on any atom is -0.497 e. The Morgan fingerprint density at radius 1 is 0.800 bits per heavy atom. The molecule has 0 amide bonds. The van der Waals surface area contributed by atoms with Crippen LogP contribution in [-0.4, -0.2) is 7.11 Å². The van der Waals surface area contributed by atoms with Gasteiger partial charge in [-0.05, 0) is 37.1 Å². The summed E-state index contributed by atoms with van der Waals surface area (Å²) in [6, 6.07) is 14.2. The molecule has 2 rings (SSSR count). The zero-order chi connectivity index (χ0) is 15.0. The zero-order valence-corrected chi connectivity index (χ0v) is 12.5. The number of hydrogen-bond acceptors (Lipinski definition) is 1. The highest BCUT2D eigenvalue weighted by molar-refractivity contribution is 5.64. The summed E-state index contributed by atoms with van der Waals surface area (Å²) in [5.74, 6) is 0.917. The average molecular weight is 266 g/mol. The van der Waals surface area contributed by atoms with Gasteiger partial charge in [-0.1, -0.05) is 66.8 Å². The van der Waals surface area contributed by atoms with E-state index in [2.05, 4.69) is 45.2 Å². The predicted octanol–water partition coefficient (Wildman–Crippen LogP) is 5.28. The summed E-state index contributed by atoms with van der Waals surface area (Å²) in [6.07, 6.45) is 3.69. The summed E-state index contributed by atoms with van der Waals surface area (Å²) in [5, 5.41) is 0. The first-order valence-corrected chi connectivity index (χ1v) is 6.57. The molecule has 104 valence electrons. The zero-order valence-electron chi connectivity index (χ0n) is 12.5. The third-order valence-corrected chi connectivity index (χ3v) is 2.94. The van der Waals surface area contributed by atoms with Crippen LogP contribution in [0.3, 0.4) is 0 Å². The van der Waals surface area contributed by atoms with Crippen molar-refractivity contribution in [2.75, 3.05) is 7.11 Å². The van der Waals surface area contributed by atoms with Crippen molar-refractivity contribution in [1.29, 1.82) is 0 Å². The van der Waals surface area contributed by atoms with Crippen molar-refractivity contribution in [1.82, 2.24) is 0 Å². The first-order chi connectivity index (χ1) is 9.60. The highest BCUT2D eigenvalue weighted by Crippen LogP contribution is 2.13. The molecule has 0 saturated carbocycles. The maximum absolute atomic E-state index is 4.97. The van der Waals surface area contributed by atoms with Crippen LogP contribution in [0.4, 0.5) is 0 Å². The molecule has 0 unspecified atom stereocenters. The highest BCUT2D eigenvalue weighted by Gasteiger charge is 1.93. The lowest BCUT2D eigenvalue weighted by atomic mass is 10.0. The fourth-order valence-corrected chi connectivity index (χ4v) is 1.73. The second kappa shape index (κ2) is 8.00. The second-order valence-electron chi connectivity index (χ2n) is 4.56. The van der Waals surface area contributed by atoms with E-state index < -0.39 is 0 Å². The molecule has 0 spiro atoms. The molecule has 1 heteroatoms. The first kappa shape index (κ1) is 15.8. The van der Waals surface area contributed by atoms with E-state index in [1.807, 2.05) is 36.4 Å². The summed E-state index contributed by atoms with van der Waals surface area (Å²) in [6.45, 7) is 11.6. The molecule has 1 nitrogen and oxygen atoms in total. The Kier molecular flexibility index (Phi) is 6.31. The van der Waals surface area contributed by atoms with Crippen LogP contribution < -0.4 is 4.74 Å². The number of methoxy groups -OCH3 is 1. The van der Waals surface area contributed by atoms with Crippen molar-refractivity contribution in [2.24, 2.45) is 0 Å². The van der Waals surface area contributed by atoms with Gasteiger partial charge in [0.25, 0.3) is 0 Å². The van der Waals surface area contributed by atoms with Crippen molar-refractivity contribution < 1.29 is 4.74 Å². The predicted molar refractivity (Wildman–Crippen MR) is 89.1 cm³/mol. The molecule has 2 aromatic carbocycles. The van der Waals surface area contributed by atoms with Crippen LogP contribution in [0.15, 0.2) is 55.6 Å². The standard InChI is InChI=1S/C11H12.C8H10O/c1-4-10-7-6-9(3)8-11(10)5-2;1-7-3-5-8(9-2)6-4-7/h4-8H,1-2H2,3H3;3-6H,1-2H3. The van der Waals surface area contributed by atoms with Crippen LogP contribution >= 0.6 is 0 Å². The molecule has 0 radical (unpaired) electrons. The Labute approximate surface area is 122 Å². The van der Waals surface area contributed by atoms with E-state index in [0.717, 1.165) is 16.9 Å². The van der Waals surface area contributed by atoms with Crippen molar-refractivity contribution >= 4 is 12.2 Å². The first-order valence-electron chi connectivity index (χ1n) is 6.57. The van der Waals surface area contributed by atoms with Gasteiger partial charge >= 0.3 is 0 Å². The molecular formula is C19H22O. The van der Waals surface area contributed by atoms with E-state index >= 15 is 0 Å². The van der Waals surface area contributed by atoms with Gasteiger partial charge < -0.3 is 4.74 Å². The van der Waals surface area contributed by atoms with Crippen LogP contribution in [0.1, 0.15) is 22.3 Å². The van der Waals surface area contributed by atoms with Gasteiger partial charge in [0.2, 0.25) is 0 Å². The molecule has 0 atom stereocenters. The lowest BCUT2D eigenvalue weighted by Gasteiger charge is -2.00. The Morgan fingerprint density at radius 3 is 1.85 bits per heavy atom. The van der Waals surface area contributed by atoms with Crippen LogP contribution in [0, 0.1) is 13.8 Å². The molecule has 0 heterocycles. The molecule has 0 aromatic heterocycles. The molecule has 0 saturated heterocycles. The van der Waals surface area contributed by atoms with Gasteiger partial charge in [0.05, 0.1) is 7.11 Å². The van der Waals surface area contributed by atoms with E-state index in [0.29, 0.717) is 0 Å². The van der Waals surface area contributed by atoms with Gasteiger partial charge in [-0.3, -0.25) is 0 Å². The molecule has 0 aliphatic heterocycles. The minimum absolute atomic E-state index is 0.917. The largest absolute Gasteiger partial charge is 0.497 e. The topological polar surface area (TPSA) is 9.23 Å². The summed E-state index contributed by atoms with van der Waals surface area (Å²) in [7, 11) is 1.67.